The van der Waals surface area contributed by atoms with Gasteiger partial charge in [-0.25, -0.2) is 0 Å². The Bertz CT molecular complexity index is 596. The molecule has 0 aliphatic carbocycles. The Balaban J connectivity index is 2.13. The van der Waals surface area contributed by atoms with Gasteiger partial charge < -0.3 is 20.3 Å². The highest BCUT2D eigenvalue weighted by atomic mass is 35.5. The van der Waals surface area contributed by atoms with Crippen molar-refractivity contribution in [3.8, 4) is 0 Å². The molecule has 8 heteroatoms. The van der Waals surface area contributed by atoms with Gasteiger partial charge in [0, 0.05) is 13.1 Å². The van der Waals surface area contributed by atoms with E-state index in [2.05, 4.69) is 15.4 Å². The van der Waals surface area contributed by atoms with Gasteiger partial charge in [0.2, 0.25) is 5.91 Å². The second kappa shape index (κ2) is 7.42. The summed E-state index contributed by atoms with van der Waals surface area (Å²) < 4.78 is 4.64. The first-order valence-corrected chi connectivity index (χ1v) is 7.48. The Morgan fingerprint density at radius 2 is 2.27 bits per heavy atom. The van der Waals surface area contributed by atoms with Gasteiger partial charge in [0.1, 0.15) is 6.04 Å². The van der Waals surface area contributed by atoms with Gasteiger partial charge >= 0.3 is 5.97 Å². The lowest BCUT2D eigenvalue weighted by Crippen LogP contribution is -2.58. The van der Waals surface area contributed by atoms with Crippen LogP contribution < -0.4 is 10.6 Å². The number of esters is 1. The number of carbonyl (C=O) groups is 2. The molecule has 118 valence electrons. The summed E-state index contributed by atoms with van der Waals surface area (Å²) in [7, 11) is 1.29. The van der Waals surface area contributed by atoms with Crippen molar-refractivity contribution in [3.05, 3.63) is 29.3 Å². The number of methoxy groups -OCH3 is 1. The van der Waals surface area contributed by atoms with Crippen LogP contribution in [0.15, 0.2) is 24.3 Å². The number of piperazine rings is 1. The van der Waals surface area contributed by atoms with Crippen LogP contribution in [0.25, 0.3) is 0 Å². The first-order valence-electron chi connectivity index (χ1n) is 6.69. The van der Waals surface area contributed by atoms with Gasteiger partial charge in [0.15, 0.2) is 5.11 Å². The summed E-state index contributed by atoms with van der Waals surface area (Å²) in [6.07, 6.45) is -0.0628. The maximum Gasteiger partial charge on any atom is 0.308 e. The molecule has 0 radical (unpaired) electrons. The molecular formula is C14H16ClN3O3S. The van der Waals surface area contributed by atoms with Crippen molar-refractivity contribution in [3.63, 3.8) is 0 Å². The standard InChI is InChI=1S/C14H16ClN3O3S/c1-21-12(19)8-11-13(20)16-6-7-18(11)14(22)17-10-5-3-2-4-9(10)15/h2-5,11H,6-8H2,1H3,(H,16,20)(H,17,22)/t11-/m1/s1. The molecule has 6 nitrogen and oxygen atoms in total. The minimum atomic E-state index is -0.691. The molecule has 1 saturated heterocycles. The van der Waals surface area contributed by atoms with E-state index < -0.39 is 12.0 Å². The molecule has 1 atom stereocenters. The lowest BCUT2D eigenvalue weighted by atomic mass is 10.1. The normalized spacial score (nSPS) is 17.6. The van der Waals surface area contributed by atoms with E-state index in [1.54, 1.807) is 17.0 Å². The van der Waals surface area contributed by atoms with Gasteiger partial charge in [-0.2, -0.15) is 0 Å². The number of hydrogen-bond donors (Lipinski definition) is 2. The number of rotatable bonds is 3. The van der Waals surface area contributed by atoms with Crippen molar-refractivity contribution in [2.45, 2.75) is 12.5 Å². The van der Waals surface area contributed by atoms with Crippen molar-refractivity contribution >= 4 is 46.5 Å². The summed E-state index contributed by atoms with van der Waals surface area (Å²) in [5.74, 6) is -0.715. The number of benzene rings is 1. The van der Waals surface area contributed by atoms with Crippen LogP contribution in [0.3, 0.4) is 0 Å². The predicted molar refractivity (Wildman–Crippen MR) is 87.8 cm³/mol. The number of anilines is 1. The quantitative estimate of drug-likeness (QED) is 0.639. The number of ether oxygens (including phenoxy) is 1. The minimum Gasteiger partial charge on any atom is -0.469 e. The van der Waals surface area contributed by atoms with E-state index in [0.717, 1.165) is 0 Å². The molecule has 2 rings (SSSR count). The predicted octanol–water partition coefficient (Wildman–Crippen LogP) is 1.40. The highest BCUT2D eigenvalue weighted by Gasteiger charge is 2.33. The van der Waals surface area contributed by atoms with Gasteiger partial charge in [-0.05, 0) is 24.4 Å². The molecule has 0 saturated carbocycles. The largest absolute Gasteiger partial charge is 0.469 e. The Hall–Kier alpha value is -1.86. The van der Waals surface area contributed by atoms with E-state index in [-0.39, 0.29) is 12.3 Å². The maximum absolute atomic E-state index is 12.0. The molecule has 0 unspecified atom stereocenters. The summed E-state index contributed by atoms with van der Waals surface area (Å²) in [6.45, 7) is 0.963. The molecule has 1 aliphatic heterocycles. The van der Waals surface area contributed by atoms with Crippen molar-refractivity contribution in [1.82, 2.24) is 10.2 Å². The molecule has 2 N–H and O–H groups in total. The number of nitrogens with zero attached hydrogens (tertiary/aromatic N) is 1. The molecule has 1 heterocycles. The van der Waals surface area contributed by atoms with Crippen molar-refractivity contribution in [1.29, 1.82) is 0 Å². The zero-order valence-corrected chi connectivity index (χ0v) is 13.5. The van der Waals surface area contributed by atoms with Crippen LogP contribution in [0.4, 0.5) is 5.69 Å². The zero-order valence-electron chi connectivity index (χ0n) is 12.0. The zero-order chi connectivity index (χ0) is 16.1. The van der Waals surface area contributed by atoms with Gasteiger partial charge in [0.05, 0.1) is 24.2 Å². The number of para-hydroxylation sites is 1. The smallest absolute Gasteiger partial charge is 0.308 e. The third kappa shape index (κ3) is 3.86. The lowest BCUT2D eigenvalue weighted by Gasteiger charge is -2.36. The molecule has 22 heavy (non-hydrogen) atoms. The fourth-order valence-corrected chi connectivity index (χ4v) is 2.66. The van der Waals surface area contributed by atoms with E-state index >= 15 is 0 Å². The van der Waals surface area contributed by atoms with E-state index in [1.807, 2.05) is 12.1 Å². The number of amides is 1. The van der Waals surface area contributed by atoms with E-state index in [1.165, 1.54) is 7.11 Å². The molecule has 1 fully saturated rings. The van der Waals surface area contributed by atoms with E-state index in [0.29, 0.717) is 28.9 Å². The van der Waals surface area contributed by atoms with Crippen LogP contribution in [0.1, 0.15) is 6.42 Å². The molecule has 1 aromatic carbocycles. The summed E-state index contributed by atoms with van der Waals surface area (Å²) in [5.41, 5.74) is 0.650. The summed E-state index contributed by atoms with van der Waals surface area (Å²) in [6, 6.07) is 6.47. The Morgan fingerprint density at radius 3 is 2.95 bits per heavy atom. The molecule has 0 bridgehead atoms. The van der Waals surface area contributed by atoms with E-state index in [9.17, 15) is 9.59 Å². The monoisotopic (exact) mass is 341 g/mol. The molecule has 1 aliphatic rings. The van der Waals surface area contributed by atoms with Crippen LogP contribution in [-0.4, -0.2) is 48.1 Å². The molecular weight excluding hydrogens is 326 g/mol. The molecule has 1 amide bonds. The third-order valence-electron chi connectivity index (χ3n) is 3.29. The fraction of sp³-hybridized carbons (Fsp3) is 0.357. The number of hydrogen-bond acceptors (Lipinski definition) is 4. The van der Waals surface area contributed by atoms with Gasteiger partial charge in [-0.1, -0.05) is 23.7 Å². The second-order valence-electron chi connectivity index (χ2n) is 4.69. The highest BCUT2D eigenvalue weighted by molar-refractivity contribution is 7.80. The number of halogens is 1. The molecule has 0 spiro atoms. The SMILES string of the molecule is COC(=O)C[C@@H]1C(=O)NCCN1C(=S)Nc1ccccc1Cl. The van der Waals surface area contributed by atoms with Crippen molar-refractivity contribution in [2.24, 2.45) is 0 Å². The second-order valence-corrected chi connectivity index (χ2v) is 5.48. The van der Waals surface area contributed by atoms with Gasteiger partial charge in [0.25, 0.3) is 0 Å². The van der Waals surface area contributed by atoms with Crippen LogP contribution in [-0.2, 0) is 14.3 Å². The lowest BCUT2D eigenvalue weighted by molar-refractivity contribution is -0.144. The first-order chi connectivity index (χ1) is 10.5. The maximum atomic E-state index is 12.0. The Kier molecular flexibility index (Phi) is 5.57. The average Bonchev–Trinajstić information content (AvgIpc) is 2.51. The van der Waals surface area contributed by atoms with Crippen LogP contribution in [0, 0.1) is 0 Å². The average molecular weight is 342 g/mol. The number of thiocarbonyl (C=S) groups is 1. The Morgan fingerprint density at radius 1 is 1.55 bits per heavy atom. The number of carbonyl (C=O) groups excluding carboxylic acids is 2. The number of nitrogens with one attached hydrogen (secondary N) is 2. The highest BCUT2D eigenvalue weighted by Crippen LogP contribution is 2.22. The Labute approximate surface area is 138 Å². The van der Waals surface area contributed by atoms with E-state index in [4.69, 9.17) is 23.8 Å². The van der Waals surface area contributed by atoms with Crippen LogP contribution in [0.2, 0.25) is 5.02 Å². The molecule has 1 aromatic rings. The minimum absolute atomic E-state index is 0.0628. The summed E-state index contributed by atoms with van der Waals surface area (Å²) in [4.78, 5) is 25.2. The topological polar surface area (TPSA) is 70.7 Å². The molecule has 0 aromatic heterocycles. The summed E-state index contributed by atoms with van der Waals surface area (Å²) in [5, 5.41) is 6.60. The summed E-state index contributed by atoms with van der Waals surface area (Å²) >= 11 is 11.4. The van der Waals surface area contributed by atoms with Crippen LogP contribution in [0.5, 0.6) is 0 Å². The van der Waals surface area contributed by atoms with Crippen molar-refractivity contribution in [2.75, 3.05) is 25.5 Å². The van der Waals surface area contributed by atoms with Crippen LogP contribution >= 0.6 is 23.8 Å². The van der Waals surface area contributed by atoms with Gasteiger partial charge in [-0.15, -0.1) is 0 Å². The first kappa shape index (κ1) is 16.5. The van der Waals surface area contributed by atoms with Gasteiger partial charge in [-0.3, -0.25) is 9.59 Å². The fourth-order valence-electron chi connectivity index (χ4n) is 2.15. The van der Waals surface area contributed by atoms with Crippen molar-refractivity contribution < 1.29 is 14.3 Å². The third-order valence-corrected chi connectivity index (χ3v) is 3.96.